The van der Waals surface area contributed by atoms with E-state index in [0.29, 0.717) is 5.69 Å². The minimum absolute atomic E-state index is 0.677. The number of nitrogens with zero attached hydrogens (tertiary/aromatic N) is 4. The van der Waals surface area contributed by atoms with Crippen molar-refractivity contribution in [2.45, 2.75) is 0 Å². The summed E-state index contributed by atoms with van der Waals surface area (Å²) in [6, 6.07) is 5.62. The molecule has 0 aliphatic rings. The molecule has 3 rings (SSSR count). The number of anilines is 1. The van der Waals surface area contributed by atoms with Gasteiger partial charge in [0.15, 0.2) is 0 Å². The molecule has 0 bridgehead atoms. The zero-order chi connectivity index (χ0) is 12.4. The average Bonchev–Trinajstić information content (AvgIpc) is 2.89. The summed E-state index contributed by atoms with van der Waals surface area (Å²) in [5, 5.41) is 0. The van der Waals surface area contributed by atoms with Gasteiger partial charge < -0.3 is 5.73 Å². The van der Waals surface area contributed by atoms with E-state index in [0.717, 1.165) is 16.9 Å². The number of pyridine rings is 2. The molecule has 88 valence electrons. The van der Waals surface area contributed by atoms with Crippen LogP contribution in [0.1, 0.15) is 0 Å². The topological polar surface area (TPSA) is 69.6 Å². The van der Waals surface area contributed by atoms with E-state index in [1.165, 1.54) is 0 Å². The van der Waals surface area contributed by atoms with E-state index in [1.54, 1.807) is 43.4 Å². The molecule has 3 heterocycles. The fraction of sp³-hybridized carbons (Fsp3) is 0. The molecule has 0 aromatic carbocycles. The second kappa shape index (κ2) is 4.29. The standard InChI is InChI=1S/C13H11N5/c14-12-3-5-16-7-11(12)13-8-17-9-18(13)10-2-1-4-15-6-10/h1-9H,(H2,14,16). The number of nitrogens with two attached hydrogens (primary N) is 1. The summed E-state index contributed by atoms with van der Waals surface area (Å²) < 4.78 is 1.93. The molecule has 0 aliphatic heterocycles. The number of aromatic nitrogens is 4. The molecule has 0 amide bonds. The number of nitrogen functional groups attached to an aromatic ring is 1. The Labute approximate surface area is 104 Å². The van der Waals surface area contributed by atoms with Crippen molar-refractivity contribution < 1.29 is 0 Å². The molecule has 5 heteroatoms. The lowest BCUT2D eigenvalue weighted by molar-refractivity contribution is 1.04. The number of rotatable bonds is 2. The van der Waals surface area contributed by atoms with Crippen LogP contribution in [-0.2, 0) is 0 Å². The minimum atomic E-state index is 0.677. The fourth-order valence-corrected chi connectivity index (χ4v) is 1.82. The Morgan fingerprint density at radius 3 is 2.61 bits per heavy atom. The van der Waals surface area contributed by atoms with E-state index in [1.807, 2.05) is 16.7 Å². The maximum atomic E-state index is 5.96. The first-order valence-corrected chi connectivity index (χ1v) is 5.49. The van der Waals surface area contributed by atoms with Crippen LogP contribution in [0, 0.1) is 0 Å². The van der Waals surface area contributed by atoms with Gasteiger partial charge in [-0.25, -0.2) is 4.98 Å². The molecule has 18 heavy (non-hydrogen) atoms. The van der Waals surface area contributed by atoms with Gasteiger partial charge in [-0.1, -0.05) is 0 Å². The second-order valence-electron chi connectivity index (χ2n) is 3.82. The van der Waals surface area contributed by atoms with Crippen LogP contribution in [0.25, 0.3) is 16.9 Å². The minimum Gasteiger partial charge on any atom is -0.398 e. The van der Waals surface area contributed by atoms with E-state index in [4.69, 9.17) is 5.73 Å². The molecule has 3 aromatic rings. The van der Waals surface area contributed by atoms with Crippen LogP contribution >= 0.6 is 0 Å². The van der Waals surface area contributed by atoms with Crippen LogP contribution in [0.5, 0.6) is 0 Å². The van der Waals surface area contributed by atoms with Crippen molar-refractivity contribution in [1.29, 1.82) is 0 Å². The van der Waals surface area contributed by atoms with Gasteiger partial charge in [0.1, 0.15) is 0 Å². The first-order valence-electron chi connectivity index (χ1n) is 5.49. The molecular formula is C13H11N5. The summed E-state index contributed by atoms with van der Waals surface area (Å²) in [7, 11) is 0. The van der Waals surface area contributed by atoms with Gasteiger partial charge in [0.25, 0.3) is 0 Å². The van der Waals surface area contributed by atoms with Crippen molar-refractivity contribution >= 4 is 5.69 Å². The monoisotopic (exact) mass is 237 g/mol. The van der Waals surface area contributed by atoms with Gasteiger partial charge in [-0.15, -0.1) is 0 Å². The van der Waals surface area contributed by atoms with Gasteiger partial charge in [-0.05, 0) is 18.2 Å². The third-order valence-corrected chi connectivity index (χ3v) is 2.69. The molecule has 0 radical (unpaired) electrons. The second-order valence-corrected chi connectivity index (χ2v) is 3.82. The maximum Gasteiger partial charge on any atom is 0.0997 e. The van der Waals surface area contributed by atoms with Crippen molar-refractivity contribution in [3.63, 3.8) is 0 Å². The lowest BCUT2D eigenvalue weighted by atomic mass is 10.2. The Balaban J connectivity index is 2.16. The molecule has 0 fully saturated rings. The SMILES string of the molecule is Nc1ccncc1-c1cncn1-c1cccnc1. The van der Waals surface area contributed by atoms with Gasteiger partial charge in [-0.3, -0.25) is 14.5 Å². The average molecular weight is 237 g/mol. The first-order chi connectivity index (χ1) is 8.86. The maximum absolute atomic E-state index is 5.96. The molecule has 0 unspecified atom stereocenters. The Morgan fingerprint density at radius 2 is 1.83 bits per heavy atom. The summed E-state index contributed by atoms with van der Waals surface area (Å²) in [6.07, 6.45) is 10.4. The Hall–Kier alpha value is -2.69. The predicted molar refractivity (Wildman–Crippen MR) is 69.0 cm³/mol. The molecule has 0 saturated carbocycles. The molecule has 5 nitrogen and oxygen atoms in total. The summed E-state index contributed by atoms with van der Waals surface area (Å²) >= 11 is 0. The highest BCUT2D eigenvalue weighted by Gasteiger charge is 2.09. The van der Waals surface area contributed by atoms with Crippen molar-refractivity contribution in [3.8, 4) is 16.9 Å². The molecule has 0 atom stereocenters. The quantitative estimate of drug-likeness (QED) is 0.739. The van der Waals surface area contributed by atoms with E-state index in [-0.39, 0.29) is 0 Å². The van der Waals surface area contributed by atoms with Gasteiger partial charge in [0, 0.05) is 29.8 Å². The Bertz CT molecular complexity index is 660. The molecule has 0 aliphatic carbocycles. The van der Waals surface area contributed by atoms with Crippen molar-refractivity contribution in [3.05, 3.63) is 55.5 Å². The summed E-state index contributed by atoms with van der Waals surface area (Å²) in [6.45, 7) is 0. The highest BCUT2D eigenvalue weighted by Crippen LogP contribution is 2.26. The molecular weight excluding hydrogens is 226 g/mol. The number of imidazole rings is 1. The highest BCUT2D eigenvalue weighted by atomic mass is 15.1. The van der Waals surface area contributed by atoms with Crippen LogP contribution in [0.3, 0.4) is 0 Å². The third-order valence-electron chi connectivity index (χ3n) is 2.69. The van der Waals surface area contributed by atoms with Crippen LogP contribution in [0.2, 0.25) is 0 Å². The first kappa shape index (κ1) is 10.5. The third kappa shape index (κ3) is 1.71. The molecule has 2 N–H and O–H groups in total. The van der Waals surface area contributed by atoms with Crippen molar-refractivity contribution in [2.24, 2.45) is 0 Å². The lowest BCUT2D eigenvalue weighted by Gasteiger charge is -2.09. The highest BCUT2D eigenvalue weighted by molar-refractivity contribution is 5.73. The van der Waals surface area contributed by atoms with Gasteiger partial charge in [0.05, 0.1) is 30.1 Å². The van der Waals surface area contributed by atoms with Gasteiger partial charge in [-0.2, -0.15) is 0 Å². The van der Waals surface area contributed by atoms with Crippen LogP contribution < -0.4 is 5.73 Å². The van der Waals surface area contributed by atoms with E-state index >= 15 is 0 Å². The zero-order valence-corrected chi connectivity index (χ0v) is 9.56. The summed E-state index contributed by atoms with van der Waals surface area (Å²) in [5.41, 5.74) is 9.33. The largest absolute Gasteiger partial charge is 0.398 e. The fourth-order valence-electron chi connectivity index (χ4n) is 1.82. The zero-order valence-electron chi connectivity index (χ0n) is 9.56. The number of hydrogen-bond donors (Lipinski definition) is 1. The molecule has 0 saturated heterocycles. The number of hydrogen-bond acceptors (Lipinski definition) is 4. The summed E-state index contributed by atoms with van der Waals surface area (Å²) in [5.74, 6) is 0. The summed E-state index contributed by atoms with van der Waals surface area (Å²) in [4.78, 5) is 12.4. The molecule has 0 spiro atoms. The van der Waals surface area contributed by atoms with Crippen LogP contribution in [0.4, 0.5) is 5.69 Å². The van der Waals surface area contributed by atoms with E-state index in [2.05, 4.69) is 15.0 Å². The normalized spacial score (nSPS) is 10.4. The van der Waals surface area contributed by atoms with Crippen molar-refractivity contribution in [1.82, 2.24) is 19.5 Å². The molecule has 3 aromatic heterocycles. The lowest BCUT2D eigenvalue weighted by Crippen LogP contribution is -1.98. The predicted octanol–water partition coefficient (Wildman–Crippen LogP) is 1.91. The van der Waals surface area contributed by atoms with Crippen LogP contribution in [0.15, 0.2) is 55.5 Å². The Morgan fingerprint density at radius 1 is 0.944 bits per heavy atom. The van der Waals surface area contributed by atoms with Crippen molar-refractivity contribution in [2.75, 3.05) is 5.73 Å². The van der Waals surface area contributed by atoms with Crippen LogP contribution in [-0.4, -0.2) is 19.5 Å². The van der Waals surface area contributed by atoms with E-state index in [9.17, 15) is 0 Å². The van der Waals surface area contributed by atoms with Gasteiger partial charge in [0.2, 0.25) is 0 Å². The smallest absolute Gasteiger partial charge is 0.0997 e. The van der Waals surface area contributed by atoms with E-state index < -0.39 is 0 Å². The van der Waals surface area contributed by atoms with Gasteiger partial charge >= 0.3 is 0 Å². The Kier molecular flexibility index (Phi) is 2.49.